The van der Waals surface area contributed by atoms with Crippen molar-refractivity contribution in [3.05, 3.63) is 35.4 Å². The Morgan fingerprint density at radius 2 is 2.12 bits per heavy atom. The van der Waals surface area contributed by atoms with Gasteiger partial charge < -0.3 is 11.1 Å². The van der Waals surface area contributed by atoms with E-state index in [-0.39, 0.29) is 5.41 Å². The first-order chi connectivity index (χ1) is 7.82. The standard InChI is InChI=1S/C14H22N2/c1-2-7-14(8-9-15)11-16-10-12-5-3-4-6-13(12)14/h3-6,16H,2,7-11,15H2,1H3. The van der Waals surface area contributed by atoms with E-state index in [1.165, 1.54) is 24.0 Å². The summed E-state index contributed by atoms with van der Waals surface area (Å²) in [6, 6.07) is 8.82. The predicted octanol–water partition coefficient (Wildman–Crippen LogP) is 2.18. The van der Waals surface area contributed by atoms with E-state index in [1.54, 1.807) is 0 Å². The van der Waals surface area contributed by atoms with Gasteiger partial charge in [0.05, 0.1) is 0 Å². The number of rotatable bonds is 4. The minimum absolute atomic E-state index is 0.276. The van der Waals surface area contributed by atoms with Crippen LogP contribution in [-0.2, 0) is 12.0 Å². The van der Waals surface area contributed by atoms with Crippen molar-refractivity contribution in [1.29, 1.82) is 0 Å². The number of nitrogens with two attached hydrogens (primary N) is 1. The van der Waals surface area contributed by atoms with E-state index in [1.807, 2.05) is 0 Å². The predicted molar refractivity (Wildman–Crippen MR) is 68.4 cm³/mol. The van der Waals surface area contributed by atoms with Crippen molar-refractivity contribution >= 4 is 0 Å². The van der Waals surface area contributed by atoms with Gasteiger partial charge in [0.2, 0.25) is 0 Å². The first-order valence-corrected chi connectivity index (χ1v) is 6.31. The Morgan fingerprint density at radius 1 is 1.31 bits per heavy atom. The molecule has 0 fully saturated rings. The zero-order valence-corrected chi connectivity index (χ0v) is 10.1. The molecule has 2 nitrogen and oxygen atoms in total. The summed E-state index contributed by atoms with van der Waals surface area (Å²) in [5.74, 6) is 0. The van der Waals surface area contributed by atoms with Crippen molar-refractivity contribution in [3.8, 4) is 0 Å². The van der Waals surface area contributed by atoms with Crippen LogP contribution in [0.3, 0.4) is 0 Å². The lowest BCUT2D eigenvalue weighted by Crippen LogP contribution is -2.44. The largest absolute Gasteiger partial charge is 0.330 e. The van der Waals surface area contributed by atoms with Gasteiger partial charge in [-0.25, -0.2) is 0 Å². The molecule has 0 aromatic heterocycles. The molecule has 0 spiro atoms. The highest BCUT2D eigenvalue weighted by Crippen LogP contribution is 2.36. The quantitative estimate of drug-likeness (QED) is 0.813. The average molecular weight is 218 g/mol. The summed E-state index contributed by atoms with van der Waals surface area (Å²) in [6.45, 7) is 5.12. The second-order valence-electron chi connectivity index (χ2n) is 4.83. The van der Waals surface area contributed by atoms with E-state index in [4.69, 9.17) is 5.73 Å². The van der Waals surface area contributed by atoms with Crippen LogP contribution in [0.25, 0.3) is 0 Å². The summed E-state index contributed by atoms with van der Waals surface area (Å²) < 4.78 is 0. The van der Waals surface area contributed by atoms with E-state index in [0.717, 1.165) is 26.1 Å². The average Bonchev–Trinajstić information content (AvgIpc) is 2.30. The van der Waals surface area contributed by atoms with Gasteiger partial charge in [-0.3, -0.25) is 0 Å². The highest BCUT2D eigenvalue weighted by Gasteiger charge is 2.34. The lowest BCUT2D eigenvalue weighted by atomic mass is 9.70. The Bertz CT molecular complexity index is 340. The normalized spacial score (nSPS) is 24.1. The van der Waals surface area contributed by atoms with Crippen LogP contribution < -0.4 is 11.1 Å². The molecule has 0 radical (unpaired) electrons. The van der Waals surface area contributed by atoms with Gasteiger partial charge in [-0.2, -0.15) is 0 Å². The van der Waals surface area contributed by atoms with Crippen molar-refractivity contribution in [3.63, 3.8) is 0 Å². The number of nitrogens with one attached hydrogen (secondary N) is 1. The lowest BCUT2D eigenvalue weighted by Gasteiger charge is -2.39. The van der Waals surface area contributed by atoms with Crippen LogP contribution in [0.1, 0.15) is 37.3 Å². The summed E-state index contributed by atoms with van der Waals surface area (Å²) >= 11 is 0. The van der Waals surface area contributed by atoms with Gasteiger partial charge >= 0.3 is 0 Å². The Kier molecular flexibility index (Phi) is 3.62. The van der Waals surface area contributed by atoms with Crippen molar-refractivity contribution in [2.24, 2.45) is 5.73 Å². The molecule has 0 saturated carbocycles. The molecule has 0 saturated heterocycles. The monoisotopic (exact) mass is 218 g/mol. The van der Waals surface area contributed by atoms with Gasteiger partial charge in [0.15, 0.2) is 0 Å². The summed E-state index contributed by atoms with van der Waals surface area (Å²) in [4.78, 5) is 0. The number of hydrogen-bond acceptors (Lipinski definition) is 2. The molecule has 2 rings (SSSR count). The van der Waals surface area contributed by atoms with Crippen LogP contribution in [0.4, 0.5) is 0 Å². The Morgan fingerprint density at radius 3 is 2.88 bits per heavy atom. The maximum atomic E-state index is 5.80. The number of hydrogen-bond donors (Lipinski definition) is 2. The molecule has 1 aliphatic heterocycles. The van der Waals surface area contributed by atoms with Crippen molar-refractivity contribution in [2.45, 2.75) is 38.1 Å². The Labute approximate surface area is 98.2 Å². The summed E-state index contributed by atoms with van der Waals surface area (Å²) in [6.07, 6.45) is 3.54. The molecule has 88 valence electrons. The fraction of sp³-hybridized carbons (Fsp3) is 0.571. The van der Waals surface area contributed by atoms with Gasteiger partial charge in [0.25, 0.3) is 0 Å². The van der Waals surface area contributed by atoms with Gasteiger partial charge in [-0.15, -0.1) is 0 Å². The Hall–Kier alpha value is -0.860. The third kappa shape index (κ3) is 2.00. The maximum Gasteiger partial charge on any atom is 0.0208 e. The van der Waals surface area contributed by atoms with Crippen LogP contribution >= 0.6 is 0 Å². The smallest absolute Gasteiger partial charge is 0.0208 e. The second-order valence-corrected chi connectivity index (χ2v) is 4.83. The van der Waals surface area contributed by atoms with E-state index >= 15 is 0 Å². The zero-order valence-electron chi connectivity index (χ0n) is 10.1. The van der Waals surface area contributed by atoms with Crippen LogP contribution in [0.2, 0.25) is 0 Å². The molecule has 0 amide bonds. The summed E-state index contributed by atoms with van der Waals surface area (Å²) in [5, 5.41) is 3.55. The molecular weight excluding hydrogens is 196 g/mol. The van der Waals surface area contributed by atoms with Gasteiger partial charge in [-0.05, 0) is 30.5 Å². The third-order valence-electron chi connectivity index (χ3n) is 3.72. The van der Waals surface area contributed by atoms with Crippen LogP contribution in [-0.4, -0.2) is 13.1 Å². The van der Waals surface area contributed by atoms with Gasteiger partial charge in [0, 0.05) is 18.5 Å². The molecular formula is C14H22N2. The third-order valence-corrected chi connectivity index (χ3v) is 3.72. The number of benzene rings is 1. The minimum atomic E-state index is 0.276. The molecule has 3 N–H and O–H groups in total. The summed E-state index contributed by atoms with van der Waals surface area (Å²) in [7, 11) is 0. The lowest BCUT2D eigenvalue weighted by molar-refractivity contribution is 0.321. The SMILES string of the molecule is CCCC1(CCN)CNCc2ccccc21. The second kappa shape index (κ2) is 4.98. The molecule has 1 heterocycles. The van der Waals surface area contributed by atoms with Crippen LogP contribution in [0, 0.1) is 0 Å². The van der Waals surface area contributed by atoms with Crippen molar-refractivity contribution < 1.29 is 0 Å². The van der Waals surface area contributed by atoms with E-state index in [2.05, 4.69) is 36.5 Å². The molecule has 16 heavy (non-hydrogen) atoms. The zero-order chi connectivity index (χ0) is 11.4. The molecule has 1 atom stereocenters. The van der Waals surface area contributed by atoms with Crippen LogP contribution in [0.5, 0.6) is 0 Å². The highest BCUT2D eigenvalue weighted by molar-refractivity contribution is 5.37. The molecule has 1 unspecified atom stereocenters. The fourth-order valence-electron chi connectivity index (χ4n) is 3.05. The first kappa shape index (κ1) is 11.6. The minimum Gasteiger partial charge on any atom is -0.330 e. The van der Waals surface area contributed by atoms with Gasteiger partial charge in [0.1, 0.15) is 0 Å². The Balaban J connectivity index is 2.39. The highest BCUT2D eigenvalue weighted by atomic mass is 14.9. The fourth-order valence-corrected chi connectivity index (χ4v) is 3.05. The maximum absolute atomic E-state index is 5.80. The molecule has 1 aromatic carbocycles. The molecule has 0 bridgehead atoms. The molecule has 2 heteroatoms. The topological polar surface area (TPSA) is 38.0 Å². The van der Waals surface area contributed by atoms with Gasteiger partial charge in [-0.1, -0.05) is 37.6 Å². The van der Waals surface area contributed by atoms with Crippen LogP contribution in [0.15, 0.2) is 24.3 Å². The van der Waals surface area contributed by atoms with E-state index in [9.17, 15) is 0 Å². The van der Waals surface area contributed by atoms with E-state index in [0.29, 0.717) is 0 Å². The van der Waals surface area contributed by atoms with Crippen molar-refractivity contribution in [2.75, 3.05) is 13.1 Å². The first-order valence-electron chi connectivity index (χ1n) is 6.31. The molecule has 1 aromatic rings. The van der Waals surface area contributed by atoms with E-state index < -0.39 is 0 Å². The number of fused-ring (bicyclic) bond motifs is 1. The molecule has 1 aliphatic rings. The van der Waals surface area contributed by atoms with Crippen molar-refractivity contribution in [1.82, 2.24) is 5.32 Å². The molecule has 0 aliphatic carbocycles. The summed E-state index contributed by atoms with van der Waals surface area (Å²) in [5.41, 5.74) is 9.06.